The van der Waals surface area contributed by atoms with Crippen LogP contribution >= 0.6 is 0 Å². The Labute approximate surface area is 227 Å². The second-order valence-corrected chi connectivity index (χ2v) is 12.7. The van der Waals surface area contributed by atoms with E-state index in [-0.39, 0.29) is 11.8 Å². The molecule has 0 fully saturated rings. The normalized spacial score (nSPS) is 12.3. The van der Waals surface area contributed by atoms with Gasteiger partial charge in [0.25, 0.3) is 0 Å². The van der Waals surface area contributed by atoms with Gasteiger partial charge in [-0.25, -0.2) is 0 Å². The Morgan fingerprint density at radius 1 is 0.432 bits per heavy atom. The quantitative estimate of drug-likeness (QED) is 0.327. The highest BCUT2D eigenvalue weighted by Crippen LogP contribution is 2.53. The van der Waals surface area contributed by atoms with Crippen molar-refractivity contribution in [2.24, 2.45) is 0 Å². The first-order chi connectivity index (χ1) is 17.3. The Bertz CT molecular complexity index is 1220. The molecule has 1 N–H and O–H groups in total. The molecule has 0 aliphatic carbocycles. The number of phenols is 1. The highest BCUT2D eigenvalue weighted by Gasteiger charge is 2.31. The molecule has 1 heteroatoms. The van der Waals surface area contributed by atoms with Gasteiger partial charge in [-0.2, -0.15) is 0 Å². The van der Waals surface area contributed by atoms with E-state index < -0.39 is 0 Å². The van der Waals surface area contributed by atoms with Gasteiger partial charge in [-0.15, -0.1) is 0 Å². The van der Waals surface area contributed by atoms with Gasteiger partial charge in [0.15, 0.2) is 0 Å². The molecule has 0 spiro atoms. The summed E-state index contributed by atoms with van der Waals surface area (Å²) in [6.07, 6.45) is 0. The molecule has 200 valence electrons. The van der Waals surface area contributed by atoms with Gasteiger partial charge in [0.2, 0.25) is 0 Å². The molecule has 0 amide bonds. The van der Waals surface area contributed by atoms with E-state index in [0.29, 0.717) is 29.4 Å². The molecule has 0 bridgehead atoms. The summed E-state index contributed by atoms with van der Waals surface area (Å²) in [7, 11) is 0. The predicted octanol–water partition coefficient (Wildman–Crippen LogP) is 11.5. The third kappa shape index (κ3) is 5.38. The van der Waals surface area contributed by atoms with Crippen molar-refractivity contribution in [2.45, 2.75) is 119 Å². The van der Waals surface area contributed by atoms with Crippen molar-refractivity contribution in [1.29, 1.82) is 0 Å². The van der Waals surface area contributed by atoms with Gasteiger partial charge in [0.1, 0.15) is 5.75 Å². The summed E-state index contributed by atoms with van der Waals surface area (Å²) in [6, 6.07) is 15.4. The zero-order chi connectivity index (χ0) is 27.8. The van der Waals surface area contributed by atoms with Crippen LogP contribution in [0.4, 0.5) is 0 Å². The van der Waals surface area contributed by atoms with Crippen molar-refractivity contribution in [3.05, 3.63) is 75.8 Å². The van der Waals surface area contributed by atoms with Crippen LogP contribution in [0.15, 0.2) is 42.5 Å². The molecular weight excluding hydrogens is 448 g/mol. The smallest absolute Gasteiger partial charge is 0.127 e. The van der Waals surface area contributed by atoms with Crippen LogP contribution in [0, 0.1) is 0 Å². The maximum Gasteiger partial charge on any atom is 0.127 e. The van der Waals surface area contributed by atoms with E-state index in [1.54, 1.807) is 0 Å². The molecule has 0 saturated heterocycles. The zero-order valence-corrected chi connectivity index (χ0v) is 25.5. The fraction of sp³-hybridized carbons (Fsp3) is 0.500. The first kappa shape index (κ1) is 29.0. The summed E-state index contributed by atoms with van der Waals surface area (Å²) >= 11 is 0. The lowest BCUT2D eigenvalue weighted by molar-refractivity contribution is 0.462. The van der Waals surface area contributed by atoms with Crippen LogP contribution in [-0.2, 0) is 0 Å². The third-order valence-electron chi connectivity index (χ3n) is 7.75. The van der Waals surface area contributed by atoms with Gasteiger partial charge in [-0.1, -0.05) is 126 Å². The SMILES string of the molecule is CC(C)c1ccc(-c2c(O)c(C(C)C)c(C(C)C)c(C(C)C)c2C(C)C)c(-c2ccccc2)c1C(C)C. The molecule has 0 aromatic heterocycles. The lowest BCUT2D eigenvalue weighted by Crippen LogP contribution is -2.13. The van der Waals surface area contributed by atoms with Crippen LogP contribution in [0.2, 0.25) is 0 Å². The van der Waals surface area contributed by atoms with Crippen molar-refractivity contribution in [3.63, 3.8) is 0 Å². The molecule has 0 aliphatic heterocycles. The van der Waals surface area contributed by atoms with Crippen molar-refractivity contribution in [1.82, 2.24) is 0 Å². The number of phenolic OH excluding ortho intramolecular Hbond substituents is 1. The molecule has 0 atom stereocenters. The number of aromatic hydroxyl groups is 1. The Hall–Kier alpha value is -2.54. The highest BCUT2D eigenvalue weighted by molar-refractivity contribution is 5.92. The average Bonchev–Trinajstić information content (AvgIpc) is 2.81. The maximum atomic E-state index is 12.3. The molecule has 0 radical (unpaired) electrons. The summed E-state index contributed by atoms with van der Waals surface area (Å²) in [5.74, 6) is 2.49. The van der Waals surface area contributed by atoms with Crippen LogP contribution in [0.1, 0.15) is 152 Å². The largest absolute Gasteiger partial charge is 0.507 e. The van der Waals surface area contributed by atoms with E-state index in [4.69, 9.17) is 0 Å². The lowest BCUT2D eigenvalue weighted by Gasteiger charge is -2.33. The van der Waals surface area contributed by atoms with E-state index in [1.165, 1.54) is 44.5 Å². The van der Waals surface area contributed by atoms with Gasteiger partial charge in [-0.05, 0) is 80.0 Å². The van der Waals surface area contributed by atoms with E-state index in [1.807, 2.05) is 0 Å². The molecule has 1 nitrogen and oxygen atoms in total. The van der Waals surface area contributed by atoms with Crippen molar-refractivity contribution in [2.75, 3.05) is 0 Å². The van der Waals surface area contributed by atoms with Gasteiger partial charge < -0.3 is 5.11 Å². The Kier molecular flexibility index (Phi) is 8.99. The minimum atomic E-state index is 0.231. The molecule has 3 rings (SSSR count). The van der Waals surface area contributed by atoms with Gasteiger partial charge in [0, 0.05) is 11.1 Å². The Morgan fingerprint density at radius 3 is 1.32 bits per heavy atom. The van der Waals surface area contributed by atoms with Crippen LogP contribution in [-0.4, -0.2) is 5.11 Å². The fourth-order valence-corrected chi connectivity index (χ4v) is 6.40. The monoisotopic (exact) mass is 498 g/mol. The summed E-state index contributed by atoms with van der Waals surface area (Å²) in [4.78, 5) is 0. The first-order valence-corrected chi connectivity index (χ1v) is 14.5. The number of benzene rings is 3. The molecule has 0 aliphatic rings. The second-order valence-electron chi connectivity index (χ2n) is 12.7. The molecule has 3 aromatic carbocycles. The number of rotatable bonds is 8. The molecule has 0 unspecified atom stereocenters. The van der Waals surface area contributed by atoms with Gasteiger partial charge in [-0.3, -0.25) is 0 Å². The zero-order valence-electron chi connectivity index (χ0n) is 25.5. The third-order valence-corrected chi connectivity index (χ3v) is 7.75. The maximum absolute atomic E-state index is 12.3. The molecule has 0 heterocycles. The highest BCUT2D eigenvalue weighted by atomic mass is 16.3. The molecule has 3 aromatic rings. The Balaban J connectivity index is 2.69. The van der Waals surface area contributed by atoms with Crippen molar-refractivity contribution >= 4 is 0 Å². The number of hydrogen-bond acceptors (Lipinski definition) is 1. The van der Waals surface area contributed by atoms with Crippen LogP contribution in [0.5, 0.6) is 5.75 Å². The van der Waals surface area contributed by atoms with E-state index in [9.17, 15) is 5.11 Å². The van der Waals surface area contributed by atoms with Crippen molar-refractivity contribution in [3.8, 4) is 28.0 Å². The summed E-state index contributed by atoms with van der Waals surface area (Å²) < 4.78 is 0. The fourth-order valence-electron chi connectivity index (χ4n) is 6.40. The lowest BCUT2D eigenvalue weighted by atomic mass is 9.72. The van der Waals surface area contributed by atoms with E-state index >= 15 is 0 Å². The van der Waals surface area contributed by atoms with E-state index in [2.05, 4.69) is 126 Å². The van der Waals surface area contributed by atoms with Gasteiger partial charge >= 0.3 is 0 Å². The first-order valence-electron chi connectivity index (χ1n) is 14.5. The second kappa shape index (κ2) is 11.5. The Morgan fingerprint density at radius 2 is 0.892 bits per heavy atom. The predicted molar refractivity (Wildman–Crippen MR) is 164 cm³/mol. The molecular formula is C36H50O. The minimum absolute atomic E-state index is 0.231. The summed E-state index contributed by atoms with van der Waals surface area (Å²) in [6.45, 7) is 27.4. The van der Waals surface area contributed by atoms with Crippen LogP contribution in [0.25, 0.3) is 22.3 Å². The molecule has 37 heavy (non-hydrogen) atoms. The van der Waals surface area contributed by atoms with Crippen LogP contribution < -0.4 is 0 Å². The van der Waals surface area contributed by atoms with E-state index in [0.717, 1.165) is 11.1 Å². The molecule has 0 saturated carbocycles. The summed E-state index contributed by atoms with van der Waals surface area (Å²) in [5, 5.41) is 12.3. The topological polar surface area (TPSA) is 20.2 Å². The number of hydrogen-bond donors (Lipinski definition) is 1. The average molecular weight is 499 g/mol. The minimum Gasteiger partial charge on any atom is -0.507 e. The summed E-state index contributed by atoms with van der Waals surface area (Å²) in [5.41, 5.74) is 12.7. The standard InChI is InChI=1S/C36H50O/c1-20(2)27-18-19-28(34(29(27)21(3)4)26-16-14-13-15-17-26)35-32(24(9)10)30(22(5)6)31(23(7)8)33(25(11)12)36(35)37/h13-25,37H,1-12H3. The van der Waals surface area contributed by atoms with Gasteiger partial charge in [0.05, 0.1) is 0 Å². The van der Waals surface area contributed by atoms with Crippen LogP contribution in [0.3, 0.4) is 0 Å². The van der Waals surface area contributed by atoms with Crippen molar-refractivity contribution < 1.29 is 5.11 Å².